The van der Waals surface area contributed by atoms with Crippen LogP contribution in [0.4, 0.5) is 17.1 Å². The molecule has 0 fully saturated rings. The summed E-state index contributed by atoms with van der Waals surface area (Å²) in [4.78, 5) is 37.1. The first-order valence-corrected chi connectivity index (χ1v) is 9.02. The quantitative estimate of drug-likeness (QED) is 0.420. The molecule has 0 unspecified atom stereocenters. The predicted molar refractivity (Wildman–Crippen MR) is 107 cm³/mol. The van der Waals surface area contributed by atoms with Crippen LogP contribution in [0.25, 0.3) is 0 Å². The van der Waals surface area contributed by atoms with Crippen molar-refractivity contribution in [3.63, 3.8) is 0 Å². The lowest BCUT2D eigenvalue weighted by atomic mass is 10.1. The van der Waals surface area contributed by atoms with Gasteiger partial charge in [-0.1, -0.05) is 0 Å². The first kappa shape index (κ1) is 20.9. The van der Waals surface area contributed by atoms with Gasteiger partial charge in [0.15, 0.2) is 0 Å². The zero-order valence-corrected chi connectivity index (χ0v) is 16.1. The molecule has 2 rings (SSSR count). The fourth-order valence-corrected chi connectivity index (χ4v) is 2.73. The van der Waals surface area contributed by atoms with Crippen LogP contribution in [0.2, 0.25) is 0 Å². The minimum absolute atomic E-state index is 0.00470. The Bertz CT molecular complexity index is 861. The van der Waals surface area contributed by atoms with Crippen LogP contribution in [0.3, 0.4) is 0 Å². The zero-order valence-electron chi connectivity index (χ0n) is 16.1. The fourth-order valence-electron chi connectivity index (χ4n) is 2.73. The smallest absolute Gasteiger partial charge is 0.338 e. The highest BCUT2D eigenvalue weighted by Crippen LogP contribution is 2.21. The topological polar surface area (TPSA) is 102 Å². The van der Waals surface area contributed by atoms with Gasteiger partial charge in [0.2, 0.25) is 0 Å². The molecule has 148 valence electrons. The molecule has 28 heavy (non-hydrogen) atoms. The van der Waals surface area contributed by atoms with Crippen molar-refractivity contribution in [3.8, 4) is 0 Å². The van der Waals surface area contributed by atoms with Crippen molar-refractivity contribution in [2.45, 2.75) is 20.8 Å². The maximum Gasteiger partial charge on any atom is 0.338 e. The second-order valence-corrected chi connectivity index (χ2v) is 5.92. The van der Waals surface area contributed by atoms with E-state index in [1.807, 2.05) is 12.1 Å². The van der Waals surface area contributed by atoms with Gasteiger partial charge in [-0.3, -0.25) is 14.9 Å². The molecule has 2 aromatic rings. The number of benzene rings is 2. The molecule has 1 N–H and O–H groups in total. The van der Waals surface area contributed by atoms with Gasteiger partial charge in [0.05, 0.1) is 17.1 Å². The molecular weight excluding hydrogens is 362 g/mol. The van der Waals surface area contributed by atoms with E-state index in [9.17, 15) is 19.7 Å². The highest BCUT2D eigenvalue weighted by molar-refractivity contribution is 6.06. The zero-order chi connectivity index (χ0) is 20.7. The average molecular weight is 385 g/mol. The van der Waals surface area contributed by atoms with Crippen LogP contribution in [0, 0.1) is 10.1 Å². The Hall–Kier alpha value is -3.42. The summed E-state index contributed by atoms with van der Waals surface area (Å²) in [7, 11) is 0. The van der Waals surface area contributed by atoms with Crippen molar-refractivity contribution in [3.05, 3.63) is 63.7 Å². The maximum absolute atomic E-state index is 12.6. The molecule has 0 aromatic heterocycles. The van der Waals surface area contributed by atoms with Gasteiger partial charge < -0.3 is 15.0 Å². The Morgan fingerprint density at radius 2 is 1.64 bits per heavy atom. The van der Waals surface area contributed by atoms with Gasteiger partial charge in [0, 0.05) is 42.2 Å². The van der Waals surface area contributed by atoms with Crippen LogP contribution in [-0.2, 0) is 4.74 Å². The van der Waals surface area contributed by atoms with Gasteiger partial charge >= 0.3 is 5.97 Å². The summed E-state index contributed by atoms with van der Waals surface area (Å²) in [5.41, 5.74) is 1.18. The Morgan fingerprint density at radius 1 is 1.04 bits per heavy atom. The number of carbonyl (C=O) groups excluding carboxylic acids is 2. The van der Waals surface area contributed by atoms with Crippen molar-refractivity contribution < 1.29 is 19.2 Å². The highest BCUT2D eigenvalue weighted by Gasteiger charge is 2.19. The van der Waals surface area contributed by atoms with Crippen molar-refractivity contribution in [2.24, 2.45) is 0 Å². The molecule has 0 aliphatic heterocycles. The third-order valence-electron chi connectivity index (χ3n) is 4.16. The van der Waals surface area contributed by atoms with Crippen LogP contribution >= 0.6 is 0 Å². The number of nitro benzene ring substituents is 1. The molecule has 0 heterocycles. The number of esters is 1. The second-order valence-electron chi connectivity index (χ2n) is 5.92. The average Bonchev–Trinajstić information content (AvgIpc) is 2.70. The van der Waals surface area contributed by atoms with Gasteiger partial charge in [-0.2, -0.15) is 0 Å². The van der Waals surface area contributed by atoms with E-state index >= 15 is 0 Å². The summed E-state index contributed by atoms with van der Waals surface area (Å²) in [5, 5.41) is 13.8. The molecule has 8 heteroatoms. The van der Waals surface area contributed by atoms with Gasteiger partial charge in [-0.05, 0) is 51.1 Å². The fraction of sp³-hybridized carbons (Fsp3) is 0.300. The van der Waals surface area contributed by atoms with Gasteiger partial charge in [0.25, 0.3) is 11.6 Å². The molecule has 1 amide bonds. The van der Waals surface area contributed by atoms with Gasteiger partial charge in [-0.25, -0.2) is 4.79 Å². The molecule has 0 aliphatic rings. The molecular formula is C20H23N3O5. The highest BCUT2D eigenvalue weighted by atomic mass is 16.6. The van der Waals surface area contributed by atoms with Crippen molar-refractivity contribution in [1.82, 2.24) is 0 Å². The standard InChI is InChI=1S/C20H23N3O5/c1-4-22(5-2)17-9-7-16(8-10-17)21-19(24)14-11-15(20(25)28-6-3)13-18(12-14)23(26)27/h7-13H,4-6H2,1-3H3,(H,21,24). The van der Waals surface area contributed by atoms with E-state index in [2.05, 4.69) is 24.1 Å². The van der Waals surface area contributed by atoms with Crippen LogP contribution < -0.4 is 10.2 Å². The Morgan fingerprint density at radius 3 is 2.18 bits per heavy atom. The van der Waals surface area contributed by atoms with Crippen molar-refractivity contribution in [2.75, 3.05) is 29.9 Å². The lowest BCUT2D eigenvalue weighted by Gasteiger charge is -2.21. The lowest BCUT2D eigenvalue weighted by molar-refractivity contribution is -0.384. The number of anilines is 2. The summed E-state index contributed by atoms with van der Waals surface area (Å²) in [6, 6.07) is 10.8. The van der Waals surface area contributed by atoms with Crippen molar-refractivity contribution in [1.29, 1.82) is 0 Å². The number of nitrogens with zero attached hydrogens (tertiary/aromatic N) is 2. The van der Waals surface area contributed by atoms with E-state index in [-0.39, 0.29) is 23.4 Å². The monoisotopic (exact) mass is 385 g/mol. The van der Waals surface area contributed by atoms with Gasteiger partial charge in [0.1, 0.15) is 0 Å². The molecule has 8 nitrogen and oxygen atoms in total. The SMILES string of the molecule is CCOC(=O)c1cc(C(=O)Nc2ccc(N(CC)CC)cc2)cc([N+](=O)[O-])c1. The summed E-state index contributed by atoms with van der Waals surface area (Å²) >= 11 is 0. The molecule has 2 aromatic carbocycles. The third kappa shape index (κ3) is 5.06. The number of amides is 1. The second kappa shape index (κ2) is 9.50. The van der Waals surface area contributed by atoms with E-state index in [1.165, 1.54) is 6.07 Å². The Kier molecular flexibility index (Phi) is 7.08. The molecule has 0 aliphatic carbocycles. The van der Waals surface area contributed by atoms with E-state index in [4.69, 9.17) is 4.74 Å². The van der Waals surface area contributed by atoms with Gasteiger partial charge in [-0.15, -0.1) is 0 Å². The van der Waals surface area contributed by atoms with Crippen LogP contribution in [-0.4, -0.2) is 36.5 Å². The van der Waals surface area contributed by atoms with E-state index in [0.717, 1.165) is 30.9 Å². The number of ether oxygens (including phenoxy) is 1. The Labute approximate surface area is 163 Å². The van der Waals surface area contributed by atoms with E-state index in [1.54, 1.807) is 19.1 Å². The lowest BCUT2D eigenvalue weighted by Crippen LogP contribution is -2.21. The number of rotatable bonds is 8. The summed E-state index contributed by atoms with van der Waals surface area (Å²) in [6.45, 7) is 7.61. The minimum atomic E-state index is -0.719. The van der Waals surface area contributed by atoms with E-state index in [0.29, 0.717) is 5.69 Å². The molecule has 0 saturated carbocycles. The van der Waals surface area contributed by atoms with Crippen molar-refractivity contribution >= 4 is 28.9 Å². The first-order valence-electron chi connectivity index (χ1n) is 9.02. The predicted octanol–water partition coefficient (Wildman–Crippen LogP) is 3.87. The molecule has 0 bridgehead atoms. The van der Waals surface area contributed by atoms with Crippen LogP contribution in [0.1, 0.15) is 41.5 Å². The maximum atomic E-state index is 12.6. The largest absolute Gasteiger partial charge is 0.462 e. The van der Waals surface area contributed by atoms with E-state index < -0.39 is 16.8 Å². The molecule has 0 radical (unpaired) electrons. The molecule has 0 spiro atoms. The number of nitrogens with one attached hydrogen (secondary N) is 1. The Balaban J connectivity index is 2.25. The molecule has 0 atom stereocenters. The van der Waals surface area contributed by atoms with Crippen LogP contribution in [0.5, 0.6) is 0 Å². The number of hydrogen-bond acceptors (Lipinski definition) is 6. The summed E-state index contributed by atoms with van der Waals surface area (Å²) < 4.78 is 4.87. The van der Waals surface area contributed by atoms with Crippen LogP contribution in [0.15, 0.2) is 42.5 Å². The minimum Gasteiger partial charge on any atom is -0.462 e. The first-order chi connectivity index (χ1) is 13.4. The summed E-state index contributed by atoms with van der Waals surface area (Å²) in [6.07, 6.45) is 0. The number of carbonyl (C=O) groups is 2. The summed E-state index contributed by atoms with van der Waals surface area (Å²) in [5.74, 6) is -1.27. The number of non-ortho nitro benzene ring substituents is 1. The number of hydrogen-bond donors (Lipinski definition) is 1. The molecule has 0 saturated heterocycles. The third-order valence-corrected chi connectivity index (χ3v) is 4.16. The normalized spacial score (nSPS) is 10.2. The number of nitro groups is 1.